The molecule has 0 bridgehead atoms. The van der Waals surface area contributed by atoms with Gasteiger partial charge in [0, 0.05) is 27.8 Å². The Labute approximate surface area is 126 Å². The minimum Gasteiger partial charge on any atom is -0.481 e. The second-order valence-corrected chi connectivity index (χ2v) is 6.36. The quantitative estimate of drug-likeness (QED) is 0.824. The van der Waals surface area contributed by atoms with Crippen LogP contribution in [-0.2, 0) is 4.79 Å². The van der Waals surface area contributed by atoms with Gasteiger partial charge in [-0.15, -0.1) is 0 Å². The number of hydrogen-bond donors (Lipinski definition) is 2. The van der Waals surface area contributed by atoms with Crippen molar-refractivity contribution < 1.29 is 14.7 Å². The van der Waals surface area contributed by atoms with E-state index < -0.39 is 11.5 Å². The van der Waals surface area contributed by atoms with Gasteiger partial charge in [0.05, 0.1) is 6.42 Å². The number of carbonyl (C=O) groups is 2. The van der Waals surface area contributed by atoms with E-state index in [9.17, 15) is 9.59 Å². The number of nitrogens with zero attached hydrogens (tertiary/aromatic N) is 1. The smallest absolute Gasteiger partial charge is 0.305 e. The molecular formula is C14H19BrN2O3. The number of aliphatic carboxylic acids is 1. The first kappa shape index (κ1) is 16.5. The number of benzene rings is 1. The van der Waals surface area contributed by atoms with Crippen molar-refractivity contribution in [2.45, 2.75) is 32.7 Å². The van der Waals surface area contributed by atoms with E-state index in [0.29, 0.717) is 15.7 Å². The van der Waals surface area contributed by atoms with Crippen molar-refractivity contribution in [2.24, 2.45) is 0 Å². The summed E-state index contributed by atoms with van der Waals surface area (Å²) in [6, 6.07) is 4.94. The first-order chi connectivity index (χ1) is 9.12. The van der Waals surface area contributed by atoms with E-state index in [-0.39, 0.29) is 18.9 Å². The number of nitrogens with two attached hydrogens (primary N) is 1. The molecule has 0 saturated carbocycles. The molecule has 1 aromatic rings. The number of anilines is 1. The molecule has 0 heterocycles. The van der Waals surface area contributed by atoms with Crippen LogP contribution in [0, 0.1) is 0 Å². The molecule has 6 heteroatoms. The van der Waals surface area contributed by atoms with Crippen molar-refractivity contribution in [1.82, 2.24) is 4.90 Å². The van der Waals surface area contributed by atoms with Crippen molar-refractivity contribution >= 4 is 33.5 Å². The third-order valence-corrected chi connectivity index (χ3v) is 3.54. The summed E-state index contributed by atoms with van der Waals surface area (Å²) in [6.45, 7) is 5.79. The maximum atomic E-state index is 12.5. The van der Waals surface area contributed by atoms with Gasteiger partial charge in [-0.1, -0.05) is 0 Å². The number of halogens is 1. The number of carboxylic acids is 1. The van der Waals surface area contributed by atoms with E-state index in [0.717, 1.165) is 0 Å². The van der Waals surface area contributed by atoms with Gasteiger partial charge >= 0.3 is 5.97 Å². The molecule has 0 saturated heterocycles. The minimum absolute atomic E-state index is 0.0842. The van der Waals surface area contributed by atoms with Gasteiger partial charge < -0.3 is 15.7 Å². The molecule has 5 nitrogen and oxygen atoms in total. The largest absolute Gasteiger partial charge is 0.481 e. The van der Waals surface area contributed by atoms with Gasteiger partial charge in [-0.05, 0) is 54.9 Å². The van der Waals surface area contributed by atoms with Crippen molar-refractivity contribution in [2.75, 3.05) is 12.3 Å². The van der Waals surface area contributed by atoms with Crippen molar-refractivity contribution in [3.63, 3.8) is 0 Å². The van der Waals surface area contributed by atoms with E-state index in [1.807, 2.05) is 20.8 Å². The maximum Gasteiger partial charge on any atom is 0.305 e. The van der Waals surface area contributed by atoms with Crippen LogP contribution < -0.4 is 5.73 Å². The fourth-order valence-electron chi connectivity index (χ4n) is 1.77. The van der Waals surface area contributed by atoms with Crippen LogP contribution in [0.5, 0.6) is 0 Å². The van der Waals surface area contributed by atoms with Crippen LogP contribution in [0.4, 0.5) is 5.69 Å². The molecule has 0 aliphatic heterocycles. The average Bonchev–Trinajstić information content (AvgIpc) is 2.30. The Bertz CT molecular complexity index is 524. The Morgan fingerprint density at radius 2 is 1.95 bits per heavy atom. The predicted octanol–water partition coefficient (Wildman–Crippen LogP) is 2.75. The second-order valence-electron chi connectivity index (χ2n) is 5.51. The number of hydrogen-bond acceptors (Lipinski definition) is 3. The number of rotatable bonds is 4. The SMILES string of the molecule is CC(C)(C)N(CCC(=O)O)C(=O)c1ccc(N)c(Br)c1. The van der Waals surface area contributed by atoms with Crippen LogP contribution in [0.15, 0.2) is 22.7 Å². The third kappa shape index (κ3) is 4.23. The van der Waals surface area contributed by atoms with Gasteiger partial charge in [-0.25, -0.2) is 0 Å². The maximum absolute atomic E-state index is 12.5. The molecule has 1 aromatic carbocycles. The lowest BCUT2D eigenvalue weighted by Crippen LogP contribution is -2.46. The number of carbonyl (C=O) groups excluding carboxylic acids is 1. The molecule has 0 aromatic heterocycles. The molecule has 3 N–H and O–H groups in total. The van der Waals surface area contributed by atoms with Gasteiger partial charge in [-0.2, -0.15) is 0 Å². The summed E-state index contributed by atoms with van der Waals surface area (Å²) in [5.74, 6) is -1.13. The van der Waals surface area contributed by atoms with Crippen LogP contribution in [-0.4, -0.2) is 34.0 Å². The summed E-state index contributed by atoms with van der Waals surface area (Å²) >= 11 is 3.29. The van der Waals surface area contributed by atoms with Crippen molar-refractivity contribution in [3.8, 4) is 0 Å². The van der Waals surface area contributed by atoms with Crippen LogP contribution in [0.2, 0.25) is 0 Å². The topological polar surface area (TPSA) is 83.6 Å². The second kappa shape index (κ2) is 6.26. The lowest BCUT2D eigenvalue weighted by atomic mass is 10.0. The van der Waals surface area contributed by atoms with Crippen LogP contribution >= 0.6 is 15.9 Å². The summed E-state index contributed by atoms with van der Waals surface area (Å²) < 4.78 is 0.649. The molecule has 0 fully saturated rings. The molecule has 0 spiro atoms. The monoisotopic (exact) mass is 342 g/mol. The Kier molecular flexibility index (Phi) is 5.16. The highest BCUT2D eigenvalue weighted by Crippen LogP contribution is 2.23. The fraction of sp³-hybridized carbons (Fsp3) is 0.429. The first-order valence-corrected chi connectivity index (χ1v) is 7.01. The van der Waals surface area contributed by atoms with Crippen LogP contribution in [0.3, 0.4) is 0 Å². The normalized spacial score (nSPS) is 11.2. The summed E-state index contributed by atoms with van der Waals surface area (Å²) in [7, 11) is 0. The predicted molar refractivity (Wildman–Crippen MR) is 81.6 cm³/mol. The van der Waals surface area contributed by atoms with E-state index in [1.165, 1.54) is 0 Å². The van der Waals surface area contributed by atoms with E-state index in [2.05, 4.69) is 15.9 Å². The highest BCUT2D eigenvalue weighted by atomic mass is 79.9. The molecule has 20 heavy (non-hydrogen) atoms. The minimum atomic E-state index is -0.925. The van der Waals surface area contributed by atoms with Crippen LogP contribution in [0.25, 0.3) is 0 Å². The summed E-state index contributed by atoms with van der Waals surface area (Å²) in [6.07, 6.45) is -0.0842. The van der Waals surface area contributed by atoms with Gasteiger partial charge in [0.1, 0.15) is 0 Å². The molecule has 0 aliphatic rings. The molecule has 1 amide bonds. The number of carboxylic acid groups (broad SMARTS) is 1. The lowest BCUT2D eigenvalue weighted by molar-refractivity contribution is -0.137. The molecule has 0 atom stereocenters. The van der Waals surface area contributed by atoms with Gasteiger partial charge in [0.15, 0.2) is 0 Å². The molecule has 0 aliphatic carbocycles. The summed E-state index contributed by atoms with van der Waals surface area (Å²) in [5, 5.41) is 8.80. The zero-order valence-corrected chi connectivity index (χ0v) is 13.4. The zero-order chi connectivity index (χ0) is 15.5. The Balaban J connectivity index is 3.03. The van der Waals surface area contributed by atoms with Crippen LogP contribution in [0.1, 0.15) is 37.6 Å². The molecule has 0 radical (unpaired) electrons. The molecule has 110 valence electrons. The summed E-state index contributed by atoms with van der Waals surface area (Å²) in [4.78, 5) is 24.8. The van der Waals surface area contributed by atoms with Gasteiger partial charge in [0.2, 0.25) is 0 Å². The Hall–Kier alpha value is -1.56. The van der Waals surface area contributed by atoms with Crippen molar-refractivity contribution in [1.29, 1.82) is 0 Å². The third-order valence-electron chi connectivity index (χ3n) is 2.85. The fourth-order valence-corrected chi connectivity index (χ4v) is 2.14. The average molecular weight is 343 g/mol. The van der Waals surface area contributed by atoms with Crippen molar-refractivity contribution in [3.05, 3.63) is 28.2 Å². The molecule has 1 rings (SSSR count). The van der Waals surface area contributed by atoms with E-state index in [1.54, 1.807) is 23.1 Å². The zero-order valence-electron chi connectivity index (χ0n) is 11.8. The number of amides is 1. The Morgan fingerprint density at radius 3 is 2.40 bits per heavy atom. The highest BCUT2D eigenvalue weighted by molar-refractivity contribution is 9.10. The standard InChI is InChI=1S/C14H19BrN2O3/c1-14(2,3)17(7-6-12(18)19)13(20)9-4-5-11(16)10(15)8-9/h4-5,8H,6-7,16H2,1-3H3,(H,18,19). The first-order valence-electron chi connectivity index (χ1n) is 6.21. The van der Waals surface area contributed by atoms with E-state index in [4.69, 9.17) is 10.8 Å². The highest BCUT2D eigenvalue weighted by Gasteiger charge is 2.27. The molecule has 0 unspecified atom stereocenters. The Morgan fingerprint density at radius 1 is 1.35 bits per heavy atom. The summed E-state index contributed by atoms with van der Waals surface area (Å²) in [5.41, 5.74) is 6.27. The van der Waals surface area contributed by atoms with Gasteiger partial charge in [0.25, 0.3) is 5.91 Å². The van der Waals surface area contributed by atoms with E-state index >= 15 is 0 Å². The lowest BCUT2D eigenvalue weighted by Gasteiger charge is -2.35. The number of nitrogen functional groups attached to an aromatic ring is 1. The molecular weight excluding hydrogens is 324 g/mol. The van der Waals surface area contributed by atoms with Gasteiger partial charge in [-0.3, -0.25) is 9.59 Å².